The number of carbonyl (C=O) groups excluding carboxylic acids is 2. The average Bonchev–Trinajstić information content (AvgIpc) is 2.85. The summed E-state index contributed by atoms with van der Waals surface area (Å²) in [6, 6.07) is 8.45. The van der Waals surface area contributed by atoms with Gasteiger partial charge in [0.1, 0.15) is 12.6 Å². The predicted molar refractivity (Wildman–Crippen MR) is 92.4 cm³/mol. The van der Waals surface area contributed by atoms with Crippen LogP contribution >= 0.6 is 7.37 Å². The summed E-state index contributed by atoms with van der Waals surface area (Å²) in [5.41, 5.74) is 0.848. The van der Waals surface area contributed by atoms with Crippen molar-refractivity contribution in [3.05, 3.63) is 35.9 Å². The van der Waals surface area contributed by atoms with Crippen molar-refractivity contribution in [2.45, 2.75) is 39.1 Å². The number of carbonyl (C=O) groups is 2. The molecule has 1 saturated heterocycles. The maximum Gasteiger partial charge on any atom is 0.413 e. The molecule has 0 aliphatic carbocycles. The lowest BCUT2D eigenvalue weighted by atomic mass is 10.2. The number of cyclic esters (lactones) is 1. The van der Waals surface area contributed by atoms with E-state index in [1.54, 1.807) is 13.8 Å². The minimum atomic E-state index is -2.80. The Morgan fingerprint density at radius 2 is 2.00 bits per heavy atom. The van der Waals surface area contributed by atoms with Crippen molar-refractivity contribution in [3.8, 4) is 0 Å². The Hall–Kier alpha value is -1.85. The third kappa shape index (κ3) is 5.31. The highest BCUT2D eigenvalue weighted by atomic mass is 31.2. The van der Waals surface area contributed by atoms with Crippen LogP contribution in [0.3, 0.4) is 0 Å². The van der Waals surface area contributed by atoms with Crippen molar-refractivity contribution < 1.29 is 28.2 Å². The average molecular weight is 369 g/mol. The standard InChI is InChI=1S/C17H24NO6P/c1-4-23-25(3,21)11-10-15-16(19)24-13(2)18(15)17(20)22-12-14-8-6-5-7-9-14/h5-9,13,15H,4,10-12H2,1-3H3/t13?,15-,25?/m0/s1. The van der Waals surface area contributed by atoms with Crippen molar-refractivity contribution >= 4 is 19.4 Å². The number of nitrogens with zero attached hydrogens (tertiary/aromatic N) is 1. The first-order valence-corrected chi connectivity index (χ1v) is 10.5. The molecule has 1 fully saturated rings. The Morgan fingerprint density at radius 3 is 2.64 bits per heavy atom. The third-order valence-corrected chi connectivity index (χ3v) is 5.79. The van der Waals surface area contributed by atoms with Crippen molar-refractivity contribution in [1.29, 1.82) is 0 Å². The summed E-state index contributed by atoms with van der Waals surface area (Å²) in [6.07, 6.45) is -0.952. The van der Waals surface area contributed by atoms with Gasteiger partial charge in [0.25, 0.3) is 0 Å². The lowest BCUT2D eigenvalue weighted by Gasteiger charge is -2.24. The Morgan fingerprint density at radius 1 is 1.32 bits per heavy atom. The number of amides is 1. The highest BCUT2D eigenvalue weighted by Crippen LogP contribution is 2.44. The first kappa shape index (κ1) is 19.5. The minimum Gasteiger partial charge on any atom is -0.444 e. The van der Waals surface area contributed by atoms with Gasteiger partial charge in [-0.3, -0.25) is 9.46 Å². The van der Waals surface area contributed by atoms with Crippen LogP contribution in [0.15, 0.2) is 30.3 Å². The van der Waals surface area contributed by atoms with E-state index in [2.05, 4.69) is 0 Å². The SMILES string of the molecule is CCOP(C)(=O)CC[C@H]1C(=O)OC(C)N1C(=O)OCc1ccccc1. The molecule has 1 aromatic rings. The molecule has 8 heteroatoms. The van der Waals surface area contributed by atoms with E-state index in [0.29, 0.717) is 6.61 Å². The normalized spacial score (nSPS) is 22.4. The molecule has 2 rings (SSSR count). The van der Waals surface area contributed by atoms with Gasteiger partial charge in [0.05, 0.1) is 6.61 Å². The molecule has 138 valence electrons. The fourth-order valence-electron chi connectivity index (χ4n) is 2.69. The van der Waals surface area contributed by atoms with Gasteiger partial charge in [-0.2, -0.15) is 0 Å². The largest absolute Gasteiger partial charge is 0.444 e. The predicted octanol–water partition coefficient (Wildman–Crippen LogP) is 3.23. The zero-order chi connectivity index (χ0) is 18.4. The third-order valence-electron chi connectivity index (χ3n) is 3.91. The number of ether oxygens (including phenoxy) is 2. The van der Waals surface area contributed by atoms with Crippen molar-refractivity contribution in [2.24, 2.45) is 0 Å². The van der Waals surface area contributed by atoms with Crippen LogP contribution < -0.4 is 0 Å². The van der Waals surface area contributed by atoms with Gasteiger partial charge in [-0.15, -0.1) is 0 Å². The number of benzene rings is 1. The van der Waals surface area contributed by atoms with Crippen molar-refractivity contribution in [2.75, 3.05) is 19.4 Å². The monoisotopic (exact) mass is 369 g/mol. The second-order valence-electron chi connectivity index (χ2n) is 5.94. The van der Waals surface area contributed by atoms with E-state index >= 15 is 0 Å². The van der Waals surface area contributed by atoms with Gasteiger partial charge in [0, 0.05) is 12.8 Å². The highest BCUT2D eigenvalue weighted by Gasteiger charge is 2.44. The Bertz CT molecular complexity index is 650. The second-order valence-corrected chi connectivity index (χ2v) is 8.68. The lowest BCUT2D eigenvalue weighted by Crippen LogP contribution is -2.42. The molecule has 1 aromatic carbocycles. The van der Waals surface area contributed by atoms with Gasteiger partial charge in [-0.1, -0.05) is 30.3 Å². The molecular formula is C17H24NO6P. The van der Waals surface area contributed by atoms with E-state index in [1.807, 2.05) is 30.3 Å². The minimum absolute atomic E-state index is 0.106. The molecule has 0 N–H and O–H groups in total. The van der Waals surface area contributed by atoms with Gasteiger partial charge in [0.15, 0.2) is 13.6 Å². The van der Waals surface area contributed by atoms with Crippen LogP contribution in [0.25, 0.3) is 0 Å². The van der Waals surface area contributed by atoms with E-state index in [9.17, 15) is 14.2 Å². The van der Waals surface area contributed by atoms with Gasteiger partial charge < -0.3 is 14.0 Å². The molecule has 2 unspecified atom stereocenters. The van der Waals surface area contributed by atoms with Crippen LogP contribution in [0.2, 0.25) is 0 Å². The van der Waals surface area contributed by atoms with E-state index in [-0.39, 0.29) is 19.2 Å². The molecule has 0 saturated carbocycles. The van der Waals surface area contributed by atoms with Gasteiger partial charge in [0.2, 0.25) is 0 Å². The smallest absolute Gasteiger partial charge is 0.413 e. The maximum atomic E-state index is 12.4. The molecule has 0 radical (unpaired) electrons. The van der Waals surface area contributed by atoms with Crippen LogP contribution in [0, 0.1) is 0 Å². The van der Waals surface area contributed by atoms with Crippen LogP contribution in [0.5, 0.6) is 0 Å². The molecular weight excluding hydrogens is 345 g/mol. The van der Waals surface area contributed by atoms with Crippen LogP contribution in [-0.2, 0) is 30.0 Å². The topological polar surface area (TPSA) is 82.1 Å². The molecule has 25 heavy (non-hydrogen) atoms. The van der Waals surface area contributed by atoms with Gasteiger partial charge in [-0.05, 0) is 25.8 Å². The van der Waals surface area contributed by atoms with E-state index < -0.39 is 31.7 Å². The van der Waals surface area contributed by atoms with Gasteiger partial charge in [-0.25, -0.2) is 9.59 Å². The first-order chi connectivity index (χ1) is 11.8. The summed E-state index contributed by atoms with van der Waals surface area (Å²) >= 11 is 0. The number of hydrogen-bond acceptors (Lipinski definition) is 6. The van der Waals surface area contributed by atoms with Crippen molar-refractivity contribution in [3.63, 3.8) is 0 Å². The summed E-state index contributed by atoms with van der Waals surface area (Å²) in [6.45, 7) is 5.33. The number of rotatable bonds is 7. The Kier molecular flexibility index (Phi) is 6.62. The van der Waals surface area contributed by atoms with E-state index in [4.69, 9.17) is 14.0 Å². The number of esters is 1. The summed E-state index contributed by atoms with van der Waals surface area (Å²) < 4.78 is 27.9. The molecule has 1 aliphatic heterocycles. The fourth-order valence-corrected chi connectivity index (χ4v) is 4.08. The van der Waals surface area contributed by atoms with Crippen LogP contribution in [0.1, 0.15) is 25.8 Å². The molecule has 1 aliphatic rings. The maximum absolute atomic E-state index is 12.4. The summed E-state index contributed by atoms with van der Waals surface area (Å²) in [7, 11) is -2.80. The summed E-state index contributed by atoms with van der Waals surface area (Å²) in [5.74, 6) is -0.513. The zero-order valence-electron chi connectivity index (χ0n) is 14.7. The second kappa shape index (κ2) is 8.50. The molecule has 0 aromatic heterocycles. The molecule has 3 atom stereocenters. The van der Waals surface area contributed by atoms with Gasteiger partial charge >= 0.3 is 12.1 Å². The first-order valence-electron chi connectivity index (χ1n) is 8.24. The molecule has 1 amide bonds. The lowest BCUT2D eigenvalue weighted by molar-refractivity contribution is -0.142. The Labute approximate surface area is 147 Å². The number of hydrogen-bond donors (Lipinski definition) is 0. The highest BCUT2D eigenvalue weighted by molar-refractivity contribution is 7.58. The molecule has 0 bridgehead atoms. The quantitative estimate of drug-likeness (QED) is 0.542. The van der Waals surface area contributed by atoms with E-state index in [1.165, 1.54) is 11.6 Å². The molecule has 7 nitrogen and oxygen atoms in total. The van der Waals surface area contributed by atoms with Crippen molar-refractivity contribution in [1.82, 2.24) is 4.90 Å². The van der Waals surface area contributed by atoms with E-state index in [0.717, 1.165) is 5.56 Å². The summed E-state index contributed by atoms with van der Waals surface area (Å²) in [4.78, 5) is 25.7. The van der Waals surface area contributed by atoms with Crippen LogP contribution in [-0.4, -0.2) is 48.7 Å². The van der Waals surface area contributed by atoms with Crippen LogP contribution in [0.4, 0.5) is 4.79 Å². The Balaban J connectivity index is 1.99. The zero-order valence-corrected chi connectivity index (χ0v) is 15.6. The fraction of sp³-hybridized carbons (Fsp3) is 0.529. The summed E-state index contributed by atoms with van der Waals surface area (Å²) in [5, 5.41) is 0. The molecule has 0 spiro atoms. The molecule has 1 heterocycles.